The van der Waals surface area contributed by atoms with Crippen LogP contribution in [-0.2, 0) is 19.6 Å². The van der Waals surface area contributed by atoms with Crippen LogP contribution in [0.1, 0.15) is 48.2 Å². The Bertz CT molecular complexity index is 1490. The van der Waals surface area contributed by atoms with Crippen molar-refractivity contribution in [2.24, 2.45) is 5.73 Å². The van der Waals surface area contributed by atoms with Crippen LogP contribution in [0.2, 0.25) is 0 Å². The van der Waals surface area contributed by atoms with Crippen LogP contribution in [0.15, 0.2) is 48.5 Å². The minimum atomic E-state index is -4.23. The summed E-state index contributed by atoms with van der Waals surface area (Å²) in [6.07, 6.45) is 4.46. The average molecular weight is 686 g/mol. The number of carbonyl (C=O) groups is 2. The third-order valence-corrected chi connectivity index (χ3v) is 8.45. The first-order chi connectivity index (χ1) is 20.3. The SMILES string of the molecule is CCOC(=O)CS(=O)(=O)N(C/C=C/c1cccc(C(=N)N)c1)c1ccc(OC2CCN(C(C)=N)CC2)c(C(=O)N(C)C)c1.Cl.Cl. The number of nitrogens with two attached hydrogens (primary N) is 1. The molecule has 0 aromatic heterocycles. The quantitative estimate of drug-likeness (QED) is 0.172. The van der Waals surface area contributed by atoms with Gasteiger partial charge in [-0.25, -0.2) is 8.42 Å². The predicted octanol–water partition coefficient (Wildman–Crippen LogP) is 3.77. The van der Waals surface area contributed by atoms with Crippen molar-refractivity contribution in [2.45, 2.75) is 32.8 Å². The van der Waals surface area contributed by atoms with E-state index in [2.05, 4.69) is 0 Å². The standard InChI is InChI=1S/C30H40N6O6S.2ClH/c1-5-41-28(37)20-43(39,40)36(15-7-9-22-8-6-10-23(18-22)29(32)33)24-11-12-27(26(19-24)30(38)34(3)4)42-25-13-16-35(17-14-25)21(2)31;;/h6-12,18-19,25,31H,5,13-17,20H2,1-4H3,(H3,32,33);2*1H/b9-7+,31-21?;;. The molecular formula is C30H42Cl2N6O6S. The fourth-order valence-electron chi connectivity index (χ4n) is 4.58. The van der Waals surface area contributed by atoms with Crippen molar-refractivity contribution in [3.05, 3.63) is 65.2 Å². The van der Waals surface area contributed by atoms with E-state index in [0.717, 1.165) is 4.31 Å². The van der Waals surface area contributed by atoms with Gasteiger partial charge in [0.1, 0.15) is 17.7 Å². The summed E-state index contributed by atoms with van der Waals surface area (Å²) < 4.78 is 39.2. The summed E-state index contributed by atoms with van der Waals surface area (Å²) in [4.78, 5) is 28.8. The molecule has 3 rings (SSSR count). The van der Waals surface area contributed by atoms with Gasteiger partial charge in [-0.15, -0.1) is 24.8 Å². The number of halogens is 2. The molecule has 0 saturated carbocycles. The van der Waals surface area contributed by atoms with Crippen molar-refractivity contribution in [1.82, 2.24) is 9.80 Å². The number of ether oxygens (including phenoxy) is 2. The summed E-state index contributed by atoms with van der Waals surface area (Å²) in [7, 11) is -1.04. The normalized spacial score (nSPS) is 13.3. The molecule has 12 nitrogen and oxygen atoms in total. The van der Waals surface area contributed by atoms with Crippen molar-refractivity contribution in [3.8, 4) is 5.75 Å². The molecule has 0 radical (unpaired) electrons. The Morgan fingerprint density at radius 2 is 1.76 bits per heavy atom. The second-order valence-electron chi connectivity index (χ2n) is 10.3. The maximum atomic E-state index is 13.5. The van der Waals surface area contributed by atoms with Gasteiger partial charge in [-0.3, -0.25) is 24.7 Å². The topological polar surface area (TPSA) is 170 Å². The van der Waals surface area contributed by atoms with E-state index in [9.17, 15) is 18.0 Å². The number of nitrogens with one attached hydrogen (secondary N) is 2. The molecule has 248 valence electrons. The van der Waals surface area contributed by atoms with Gasteiger partial charge in [0.2, 0.25) is 10.0 Å². The number of amides is 1. The Hall–Kier alpha value is -3.81. The van der Waals surface area contributed by atoms with Crippen LogP contribution < -0.4 is 14.8 Å². The van der Waals surface area contributed by atoms with E-state index in [0.29, 0.717) is 48.6 Å². The number of amidine groups is 2. The number of sulfonamides is 1. The molecular weight excluding hydrogens is 643 g/mol. The van der Waals surface area contributed by atoms with Crippen molar-refractivity contribution in [2.75, 3.05) is 50.4 Å². The number of carbonyl (C=O) groups excluding carboxylic acids is 2. The number of piperidine rings is 1. The summed E-state index contributed by atoms with van der Waals surface area (Å²) in [5, 5.41) is 15.5. The maximum Gasteiger partial charge on any atom is 0.323 e. The van der Waals surface area contributed by atoms with Crippen LogP contribution in [0.4, 0.5) is 5.69 Å². The molecule has 0 atom stereocenters. The van der Waals surface area contributed by atoms with E-state index >= 15 is 0 Å². The Kier molecular flexibility index (Phi) is 15.4. The zero-order valence-corrected chi connectivity index (χ0v) is 28.3. The van der Waals surface area contributed by atoms with Crippen molar-refractivity contribution >= 4 is 70.1 Å². The second kappa shape index (κ2) is 17.6. The van der Waals surface area contributed by atoms with Gasteiger partial charge < -0.3 is 25.0 Å². The number of nitrogens with zero attached hydrogens (tertiary/aromatic N) is 3. The van der Waals surface area contributed by atoms with Crippen molar-refractivity contribution in [1.29, 1.82) is 10.8 Å². The van der Waals surface area contributed by atoms with E-state index in [4.69, 9.17) is 26.0 Å². The number of likely N-dealkylation sites (tertiary alicyclic amines) is 1. The van der Waals surface area contributed by atoms with Crippen molar-refractivity contribution < 1.29 is 27.5 Å². The van der Waals surface area contributed by atoms with Gasteiger partial charge in [0.05, 0.1) is 30.2 Å². The minimum Gasteiger partial charge on any atom is -0.489 e. The van der Waals surface area contributed by atoms with Crippen LogP contribution >= 0.6 is 24.8 Å². The Balaban J connectivity index is 0.00000506. The molecule has 1 fully saturated rings. The highest BCUT2D eigenvalue weighted by molar-refractivity contribution is 7.93. The van der Waals surface area contributed by atoms with Crippen LogP contribution in [0.5, 0.6) is 5.75 Å². The zero-order valence-electron chi connectivity index (χ0n) is 25.8. The van der Waals surface area contributed by atoms with Crippen LogP contribution in [0.3, 0.4) is 0 Å². The molecule has 0 spiro atoms. The smallest absolute Gasteiger partial charge is 0.323 e. The maximum absolute atomic E-state index is 13.5. The molecule has 4 N–H and O–H groups in total. The van der Waals surface area contributed by atoms with Crippen LogP contribution in [0, 0.1) is 10.8 Å². The van der Waals surface area contributed by atoms with Crippen LogP contribution in [-0.4, -0.2) is 94.0 Å². The van der Waals surface area contributed by atoms with Crippen LogP contribution in [0.25, 0.3) is 6.08 Å². The van der Waals surface area contributed by atoms with Gasteiger partial charge in [-0.2, -0.15) is 0 Å². The predicted molar refractivity (Wildman–Crippen MR) is 182 cm³/mol. The van der Waals surface area contributed by atoms with E-state index in [-0.39, 0.29) is 67.1 Å². The van der Waals surface area contributed by atoms with Crippen molar-refractivity contribution in [3.63, 3.8) is 0 Å². The van der Waals surface area contributed by atoms with Gasteiger partial charge in [-0.1, -0.05) is 30.4 Å². The number of rotatable bonds is 12. The number of hydrogen-bond donors (Lipinski definition) is 3. The molecule has 1 aliphatic rings. The van der Waals surface area contributed by atoms with E-state index in [1.165, 1.54) is 11.0 Å². The Labute approximate surface area is 277 Å². The molecule has 1 heterocycles. The lowest BCUT2D eigenvalue weighted by molar-refractivity contribution is -0.139. The molecule has 0 unspecified atom stereocenters. The monoisotopic (exact) mass is 684 g/mol. The molecule has 0 aliphatic carbocycles. The van der Waals surface area contributed by atoms with E-state index < -0.39 is 21.7 Å². The van der Waals surface area contributed by atoms with Gasteiger partial charge in [-0.05, 0) is 43.7 Å². The fourth-order valence-corrected chi connectivity index (χ4v) is 5.86. The Morgan fingerprint density at radius 1 is 1.09 bits per heavy atom. The number of nitrogen functional groups attached to an aromatic ring is 1. The molecule has 2 aromatic carbocycles. The highest BCUT2D eigenvalue weighted by Gasteiger charge is 2.29. The Morgan fingerprint density at radius 3 is 2.33 bits per heavy atom. The average Bonchev–Trinajstić information content (AvgIpc) is 2.95. The highest BCUT2D eigenvalue weighted by Crippen LogP contribution is 2.30. The lowest BCUT2D eigenvalue weighted by atomic mass is 10.1. The summed E-state index contributed by atoms with van der Waals surface area (Å²) in [6, 6.07) is 11.5. The minimum absolute atomic E-state index is 0. The molecule has 0 bridgehead atoms. The van der Waals surface area contributed by atoms with Gasteiger partial charge in [0.25, 0.3) is 5.91 Å². The summed E-state index contributed by atoms with van der Waals surface area (Å²) in [6.45, 7) is 4.55. The van der Waals surface area contributed by atoms with Gasteiger partial charge in [0.15, 0.2) is 5.75 Å². The third-order valence-electron chi connectivity index (χ3n) is 6.82. The highest BCUT2D eigenvalue weighted by atomic mass is 35.5. The number of benzene rings is 2. The molecule has 15 heteroatoms. The lowest BCUT2D eigenvalue weighted by Crippen LogP contribution is -2.40. The van der Waals surface area contributed by atoms with E-state index in [1.807, 2.05) is 4.90 Å². The number of anilines is 1. The summed E-state index contributed by atoms with van der Waals surface area (Å²) in [5.74, 6) is -1.41. The zero-order chi connectivity index (χ0) is 31.7. The molecule has 2 aromatic rings. The first kappa shape index (κ1) is 39.2. The summed E-state index contributed by atoms with van der Waals surface area (Å²) >= 11 is 0. The molecule has 45 heavy (non-hydrogen) atoms. The first-order valence-corrected chi connectivity index (χ1v) is 15.5. The fraction of sp³-hybridized carbons (Fsp3) is 0.400. The molecule has 1 aliphatic heterocycles. The largest absolute Gasteiger partial charge is 0.489 e. The summed E-state index contributed by atoms with van der Waals surface area (Å²) in [5.41, 5.74) is 7.17. The van der Waals surface area contributed by atoms with E-state index in [1.54, 1.807) is 76.5 Å². The number of hydrogen-bond acceptors (Lipinski definition) is 8. The molecule has 1 saturated heterocycles. The third kappa shape index (κ3) is 10.9. The number of esters is 1. The van der Waals surface area contributed by atoms with Gasteiger partial charge >= 0.3 is 5.97 Å². The van der Waals surface area contributed by atoms with Gasteiger partial charge in [0, 0.05) is 45.6 Å². The second-order valence-corrected chi connectivity index (χ2v) is 12.2. The molecule has 1 amide bonds. The lowest BCUT2D eigenvalue weighted by Gasteiger charge is -2.33. The first-order valence-electron chi connectivity index (χ1n) is 13.9.